The van der Waals surface area contributed by atoms with Gasteiger partial charge in [0.2, 0.25) is 5.91 Å². The zero-order valence-electron chi connectivity index (χ0n) is 13.4. The van der Waals surface area contributed by atoms with E-state index in [1.54, 1.807) is 11.8 Å². The zero-order chi connectivity index (χ0) is 16.8. The molecule has 1 atom stereocenters. The number of benzene rings is 1. The molecule has 0 spiro atoms. The summed E-state index contributed by atoms with van der Waals surface area (Å²) in [6, 6.07) is 7.31. The van der Waals surface area contributed by atoms with Crippen molar-refractivity contribution in [1.29, 1.82) is 0 Å². The van der Waals surface area contributed by atoms with E-state index in [0.29, 0.717) is 32.8 Å². The summed E-state index contributed by atoms with van der Waals surface area (Å²) in [7, 11) is 0. The molecule has 126 valence electrons. The Morgan fingerprint density at radius 3 is 2.48 bits per heavy atom. The topological polar surface area (TPSA) is 102 Å². The molecule has 1 fully saturated rings. The van der Waals surface area contributed by atoms with Crippen molar-refractivity contribution in [3.8, 4) is 0 Å². The molecule has 23 heavy (non-hydrogen) atoms. The predicted molar refractivity (Wildman–Crippen MR) is 88.0 cm³/mol. The second-order valence-corrected chi connectivity index (χ2v) is 5.51. The molecular weight excluding hydrogens is 296 g/mol. The Morgan fingerprint density at radius 1 is 1.22 bits per heavy atom. The molecule has 1 heterocycles. The van der Waals surface area contributed by atoms with Crippen molar-refractivity contribution in [1.82, 2.24) is 4.90 Å². The maximum atomic E-state index is 11.8. The standard InChI is InChI=1S/C16H24N4O3/c1-2-23-16(22)20-9-7-19(8-10-20)14-6-4-3-5-12(14)13(17)11-15(18)21/h3-6,13H,2,7-11,17H2,1H3,(H2,18,21). The van der Waals surface area contributed by atoms with Crippen LogP contribution in [-0.2, 0) is 9.53 Å². The number of piperazine rings is 1. The normalized spacial score (nSPS) is 16.1. The third-order valence-electron chi connectivity index (χ3n) is 3.90. The summed E-state index contributed by atoms with van der Waals surface area (Å²) < 4.78 is 5.03. The first kappa shape index (κ1) is 17.1. The number of carbonyl (C=O) groups is 2. The molecular formula is C16H24N4O3. The number of rotatable bonds is 5. The lowest BCUT2D eigenvalue weighted by Gasteiger charge is -2.37. The maximum Gasteiger partial charge on any atom is 0.409 e. The van der Waals surface area contributed by atoms with Crippen LogP contribution in [0.25, 0.3) is 0 Å². The molecule has 2 rings (SSSR count). The van der Waals surface area contributed by atoms with Crippen molar-refractivity contribution in [2.45, 2.75) is 19.4 Å². The summed E-state index contributed by atoms with van der Waals surface area (Å²) in [5.41, 5.74) is 13.2. The minimum absolute atomic E-state index is 0.111. The lowest BCUT2D eigenvalue weighted by molar-refractivity contribution is -0.118. The number of hydrogen-bond donors (Lipinski definition) is 2. The van der Waals surface area contributed by atoms with Crippen LogP contribution in [-0.4, -0.2) is 49.7 Å². The lowest BCUT2D eigenvalue weighted by atomic mass is 10.0. The van der Waals surface area contributed by atoms with Crippen LogP contribution in [0.15, 0.2) is 24.3 Å². The van der Waals surface area contributed by atoms with Crippen LogP contribution in [0.2, 0.25) is 0 Å². The Morgan fingerprint density at radius 2 is 1.87 bits per heavy atom. The quantitative estimate of drug-likeness (QED) is 0.837. The van der Waals surface area contributed by atoms with Gasteiger partial charge in [-0.2, -0.15) is 0 Å². The molecule has 1 aromatic rings. The molecule has 1 aromatic carbocycles. The van der Waals surface area contributed by atoms with Gasteiger partial charge < -0.3 is 26.0 Å². The van der Waals surface area contributed by atoms with Crippen molar-refractivity contribution >= 4 is 17.7 Å². The average molecular weight is 320 g/mol. The lowest BCUT2D eigenvalue weighted by Crippen LogP contribution is -2.49. The number of nitrogens with two attached hydrogens (primary N) is 2. The molecule has 0 aromatic heterocycles. The summed E-state index contributed by atoms with van der Waals surface area (Å²) in [4.78, 5) is 26.7. The van der Waals surface area contributed by atoms with Crippen LogP contribution in [0, 0.1) is 0 Å². The van der Waals surface area contributed by atoms with Crippen LogP contribution in [0.1, 0.15) is 24.9 Å². The number of carbonyl (C=O) groups excluding carboxylic acids is 2. The van der Waals surface area contributed by atoms with E-state index in [-0.39, 0.29) is 12.5 Å². The molecule has 4 N–H and O–H groups in total. The number of amides is 2. The van der Waals surface area contributed by atoms with E-state index in [9.17, 15) is 9.59 Å². The van der Waals surface area contributed by atoms with Crippen molar-refractivity contribution in [2.75, 3.05) is 37.7 Å². The van der Waals surface area contributed by atoms with Crippen LogP contribution in [0.5, 0.6) is 0 Å². The Hall–Kier alpha value is -2.28. The summed E-state index contributed by atoms with van der Waals surface area (Å²) in [5.74, 6) is -0.417. The van der Waals surface area contributed by atoms with Crippen molar-refractivity contribution in [3.63, 3.8) is 0 Å². The third kappa shape index (κ3) is 4.35. The first-order valence-corrected chi connectivity index (χ1v) is 7.82. The highest BCUT2D eigenvalue weighted by atomic mass is 16.6. The van der Waals surface area contributed by atoms with Gasteiger partial charge in [0.15, 0.2) is 0 Å². The molecule has 1 unspecified atom stereocenters. The van der Waals surface area contributed by atoms with Gasteiger partial charge in [0.05, 0.1) is 6.61 Å². The second-order valence-electron chi connectivity index (χ2n) is 5.51. The van der Waals surface area contributed by atoms with Gasteiger partial charge in [-0.3, -0.25) is 4.79 Å². The molecule has 0 radical (unpaired) electrons. The van der Waals surface area contributed by atoms with Crippen molar-refractivity contribution in [3.05, 3.63) is 29.8 Å². The van der Waals surface area contributed by atoms with Gasteiger partial charge in [0.25, 0.3) is 0 Å². The van der Waals surface area contributed by atoms with E-state index in [0.717, 1.165) is 11.3 Å². The molecule has 2 amide bonds. The van der Waals surface area contributed by atoms with Crippen LogP contribution in [0.3, 0.4) is 0 Å². The Labute approximate surface area is 136 Å². The van der Waals surface area contributed by atoms with E-state index in [2.05, 4.69) is 4.90 Å². The number of primary amides is 1. The van der Waals surface area contributed by atoms with E-state index in [1.807, 2.05) is 24.3 Å². The highest BCUT2D eigenvalue weighted by molar-refractivity contribution is 5.75. The molecule has 1 aliphatic rings. The Bertz CT molecular complexity index is 556. The smallest absolute Gasteiger partial charge is 0.409 e. The van der Waals surface area contributed by atoms with E-state index in [1.165, 1.54) is 0 Å². The van der Waals surface area contributed by atoms with Crippen LogP contribution < -0.4 is 16.4 Å². The zero-order valence-corrected chi connectivity index (χ0v) is 13.4. The molecule has 1 saturated heterocycles. The fourth-order valence-electron chi connectivity index (χ4n) is 2.76. The fourth-order valence-corrected chi connectivity index (χ4v) is 2.76. The minimum atomic E-state index is -0.424. The van der Waals surface area contributed by atoms with Gasteiger partial charge in [-0.05, 0) is 18.6 Å². The molecule has 0 bridgehead atoms. The Balaban J connectivity index is 2.06. The highest BCUT2D eigenvalue weighted by Crippen LogP contribution is 2.27. The summed E-state index contributed by atoms with van der Waals surface area (Å²) >= 11 is 0. The van der Waals surface area contributed by atoms with E-state index < -0.39 is 11.9 Å². The van der Waals surface area contributed by atoms with Gasteiger partial charge >= 0.3 is 6.09 Å². The highest BCUT2D eigenvalue weighted by Gasteiger charge is 2.24. The van der Waals surface area contributed by atoms with E-state index in [4.69, 9.17) is 16.2 Å². The number of anilines is 1. The second kappa shape index (κ2) is 7.82. The number of nitrogens with zero attached hydrogens (tertiary/aromatic N) is 2. The number of hydrogen-bond acceptors (Lipinski definition) is 5. The minimum Gasteiger partial charge on any atom is -0.450 e. The summed E-state index contributed by atoms with van der Waals surface area (Å²) in [6.45, 7) is 4.75. The maximum absolute atomic E-state index is 11.8. The first-order valence-electron chi connectivity index (χ1n) is 7.82. The monoisotopic (exact) mass is 320 g/mol. The van der Waals surface area contributed by atoms with Crippen molar-refractivity contribution in [2.24, 2.45) is 11.5 Å². The van der Waals surface area contributed by atoms with Gasteiger partial charge in [0, 0.05) is 44.3 Å². The van der Waals surface area contributed by atoms with Gasteiger partial charge in [-0.1, -0.05) is 18.2 Å². The molecule has 1 aliphatic heterocycles. The van der Waals surface area contributed by atoms with Crippen LogP contribution >= 0.6 is 0 Å². The number of para-hydroxylation sites is 1. The predicted octanol–water partition coefficient (Wildman–Crippen LogP) is 0.840. The summed E-state index contributed by atoms with van der Waals surface area (Å²) in [5, 5.41) is 0. The van der Waals surface area contributed by atoms with Crippen molar-refractivity contribution < 1.29 is 14.3 Å². The third-order valence-corrected chi connectivity index (χ3v) is 3.90. The van der Waals surface area contributed by atoms with Gasteiger partial charge in [-0.15, -0.1) is 0 Å². The fraction of sp³-hybridized carbons (Fsp3) is 0.500. The molecule has 0 aliphatic carbocycles. The van der Waals surface area contributed by atoms with Gasteiger partial charge in [0.1, 0.15) is 0 Å². The Kier molecular flexibility index (Phi) is 5.81. The van der Waals surface area contributed by atoms with E-state index >= 15 is 0 Å². The largest absolute Gasteiger partial charge is 0.450 e. The SMILES string of the molecule is CCOC(=O)N1CCN(c2ccccc2C(N)CC(N)=O)CC1. The first-order chi connectivity index (χ1) is 11.0. The average Bonchev–Trinajstić information content (AvgIpc) is 2.54. The van der Waals surface area contributed by atoms with Crippen LogP contribution in [0.4, 0.5) is 10.5 Å². The molecule has 7 nitrogen and oxygen atoms in total. The molecule has 7 heteroatoms. The molecule has 0 saturated carbocycles. The van der Waals surface area contributed by atoms with Gasteiger partial charge in [-0.25, -0.2) is 4.79 Å². The number of ether oxygens (including phenoxy) is 1. The summed E-state index contributed by atoms with van der Waals surface area (Å²) in [6.07, 6.45) is -0.161.